The Hall–Kier alpha value is 0.320. The van der Waals surface area contributed by atoms with Gasteiger partial charge in [-0.15, -0.1) is 0 Å². The molecule has 0 radical (unpaired) electrons. The van der Waals surface area contributed by atoms with Crippen LogP contribution < -0.4 is 7.06 Å². The fourth-order valence-electron chi connectivity index (χ4n) is 4.39. The first-order valence-electron chi connectivity index (χ1n) is 7.26. The Morgan fingerprint density at radius 1 is 1.57 bits per heavy atom. The number of hydrogen-bond acceptors (Lipinski definition) is 6. The number of nitrogens with one attached hydrogen (secondary N) is 2. The molecule has 0 amide bonds. The number of ether oxygens (including phenoxy) is 2. The van der Waals surface area contributed by atoms with Crippen LogP contribution in [0, 0.1) is 23.7 Å². The number of hydrogen-bond donors (Lipinski definition) is 2. The molecule has 6 unspecified atom stereocenters. The van der Waals surface area contributed by atoms with Crippen molar-refractivity contribution >= 4 is 54.9 Å². The number of fused-ring (bicyclic) bond motifs is 2. The van der Waals surface area contributed by atoms with Gasteiger partial charge in [-0.2, -0.15) is 0 Å². The minimum atomic E-state index is -1.17. The Labute approximate surface area is 143 Å². The quantitative estimate of drug-likeness (QED) is 0.145. The van der Waals surface area contributed by atoms with Crippen molar-refractivity contribution in [1.29, 1.82) is 0 Å². The van der Waals surface area contributed by atoms with Crippen LogP contribution in [0.5, 0.6) is 0 Å². The van der Waals surface area contributed by atoms with Gasteiger partial charge in [0.2, 0.25) is 0 Å². The van der Waals surface area contributed by atoms with E-state index in [0.717, 1.165) is 12.8 Å². The Kier molecular flexibility index (Phi) is 2.64. The second-order valence-electron chi connectivity index (χ2n) is 6.79. The number of carbonyl (C=O) groups is 2. The summed E-state index contributed by atoms with van der Waals surface area (Å²) in [5.74, 6) is 0.785. The van der Waals surface area contributed by atoms with Crippen LogP contribution in [0.1, 0.15) is 19.8 Å². The summed E-state index contributed by atoms with van der Waals surface area (Å²) in [4.78, 5) is 24.4. The third-order valence-corrected chi connectivity index (χ3v) is 12.9. The predicted molar refractivity (Wildman–Crippen MR) is 89.5 cm³/mol. The van der Waals surface area contributed by atoms with Crippen molar-refractivity contribution in [2.75, 3.05) is 6.61 Å². The fourth-order valence-corrected chi connectivity index (χ4v) is 12.2. The van der Waals surface area contributed by atoms with Gasteiger partial charge < -0.3 is 0 Å². The molecule has 2 saturated carbocycles. The summed E-state index contributed by atoms with van der Waals surface area (Å²) in [6.45, 7) is 2.30. The second-order valence-corrected chi connectivity index (χ2v) is 13.3. The summed E-state index contributed by atoms with van der Waals surface area (Å²) >= 11 is 1.03. The molecular weight excluding hydrogens is 502 g/mol. The Morgan fingerprint density at radius 3 is 2.95 bits per heavy atom. The third-order valence-electron chi connectivity index (χ3n) is 5.75. The molecule has 5 aliphatic rings. The average Bonchev–Trinajstić information content (AvgIpc) is 3.17. The van der Waals surface area contributed by atoms with Gasteiger partial charge in [0.25, 0.3) is 0 Å². The number of halogens is 2. The van der Waals surface area contributed by atoms with Gasteiger partial charge in [-0.1, -0.05) is 0 Å². The Balaban J connectivity index is 1.27. The molecule has 2 bridgehead atoms. The van der Waals surface area contributed by atoms with Gasteiger partial charge in [0, 0.05) is 0 Å². The van der Waals surface area contributed by atoms with E-state index in [0.29, 0.717) is 18.4 Å². The van der Waals surface area contributed by atoms with Crippen LogP contribution in [0.15, 0.2) is 0 Å². The van der Waals surface area contributed by atoms with Gasteiger partial charge in [0.05, 0.1) is 0 Å². The SMILES string of the molecule is CC(I)(C(=O)OCC1C2CC3OC(=O)C1C3C2)C12NI1N2. The zero-order valence-corrected chi connectivity index (χ0v) is 15.7. The molecule has 21 heavy (non-hydrogen) atoms. The van der Waals surface area contributed by atoms with Crippen molar-refractivity contribution in [2.45, 2.75) is 33.0 Å². The van der Waals surface area contributed by atoms with Crippen LogP contribution in [0.25, 0.3) is 0 Å². The first-order chi connectivity index (χ1) is 9.94. The zero-order valence-electron chi connectivity index (χ0n) is 11.4. The number of rotatable bonds is 4. The molecule has 6 nitrogen and oxygen atoms in total. The molecule has 3 heterocycles. The van der Waals surface area contributed by atoms with Crippen molar-refractivity contribution in [3.05, 3.63) is 0 Å². The second kappa shape index (κ2) is 4.04. The van der Waals surface area contributed by atoms with Gasteiger partial charge in [0.1, 0.15) is 0 Å². The molecule has 3 saturated heterocycles. The molecule has 2 N–H and O–H groups in total. The van der Waals surface area contributed by atoms with Crippen LogP contribution in [0.4, 0.5) is 0 Å². The van der Waals surface area contributed by atoms with E-state index in [-0.39, 0.29) is 33.5 Å². The van der Waals surface area contributed by atoms with Crippen molar-refractivity contribution in [3.63, 3.8) is 0 Å². The number of esters is 2. The summed E-state index contributed by atoms with van der Waals surface area (Å²) < 4.78 is 17.2. The predicted octanol–water partition coefficient (Wildman–Crippen LogP) is 1.12. The van der Waals surface area contributed by atoms with E-state index in [4.69, 9.17) is 9.47 Å². The van der Waals surface area contributed by atoms with E-state index in [2.05, 4.69) is 29.7 Å². The summed E-state index contributed by atoms with van der Waals surface area (Å²) in [5, 5.41) is 0. The standard InChI is InChI=1S/C13H16I2N2O4/c1-12(14,13-15(16-13)17-13)11(19)20-4-7-5-2-6-8(3-5)21-10(18)9(6)7/h5-9,16-17H,2-4H2,1H3. The Bertz CT molecular complexity index is 560. The van der Waals surface area contributed by atoms with Crippen LogP contribution in [0.2, 0.25) is 0 Å². The topological polar surface area (TPSA) is 96.5 Å². The van der Waals surface area contributed by atoms with Crippen LogP contribution in [0.3, 0.4) is 0 Å². The maximum atomic E-state index is 12.4. The molecule has 6 atom stereocenters. The van der Waals surface area contributed by atoms with Gasteiger partial charge in [-0.05, 0) is 0 Å². The zero-order chi connectivity index (χ0) is 14.6. The summed E-state index contributed by atoms with van der Waals surface area (Å²) in [6, 6.07) is 0. The van der Waals surface area contributed by atoms with Crippen molar-refractivity contribution < 1.29 is 19.1 Å². The molecular formula is C13H16I2N2O4. The van der Waals surface area contributed by atoms with E-state index in [1.54, 1.807) is 0 Å². The minimum absolute atomic E-state index is 0.0263. The van der Waals surface area contributed by atoms with Gasteiger partial charge in [-0.3, -0.25) is 0 Å². The van der Waals surface area contributed by atoms with Crippen molar-refractivity contribution in [1.82, 2.24) is 7.06 Å². The van der Waals surface area contributed by atoms with Gasteiger partial charge in [-0.25, -0.2) is 0 Å². The van der Waals surface area contributed by atoms with E-state index in [1.807, 2.05) is 6.92 Å². The molecule has 5 fully saturated rings. The number of carbonyl (C=O) groups excluding carboxylic acids is 2. The molecule has 0 aromatic rings. The van der Waals surface area contributed by atoms with E-state index < -0.39 is 23.8 Å². The molecule has 8 heteroatoms. The van der Waals surface area contributed by atoms with Gasteiger partial charge >= 0.3 is 144 Å². The molecule has 2 aliphatic carbocycles. The fraction of sp³-hybridized carbons (Fsp3) is 0.846. The summed E-state index contributed by atoms with van der Waals surface area (Å²) in [6.07, 6.45) is 2.17. The van der Waals surface area contributed by atoms with E-state index >= 15 is 0 Å². The summed E-state index contributed by atoms with van der Waals surface area (Å²) in [7, 11) is 0. The van der Waals surface area contributed by atoms with E-state index in [1.165, 1.54) is 0 Å². The van der Waals surface area contributed by atoms with Gasteiger partial charge in [0.15, 0.2) is 0 Å². The molecule has 0 aromatic heterocycles. The van der Waals surface area contributed by atoms with Crippen molar-refractivity contribution in [3.8, 4) is 0 Å². The molecule has 5 rings (SSSR count). The average molecular weight is 518 g/mol. The maximum absolute atomic E-state index is 12.4. The molecule has 3 aliphatic heterocycles. The Morgan fingerprint density at radius 2 is 2.29 bits per heavy atom. The van der Waals surface area contributed by atoms with Crippen LogP contribution in [-0.4, -0.2) is 31.7 Å². The number of alkyl halides is 2. The molecule has 0 aromatic carbocycles. The third kappa shape index (κ3) is 1.65. The summed E-state index contributed by atoms with van der Waals surface area (Å²) in [5.41, 5.74) is 0. The van der Waals surface area contributed by atoms with Crippen LogP contribution >= 0.6 is 43.0 Å². The molecule has 116 valence electrons. The monoisotopic (exact) mass is 518 g/mol. The normalized spacial score (nSPS) is 47.6. The van der Waals surface area contributed by atoms with Crippen LogP contribution in [-0.2, 0) is 19.1 Å². The van der Waals surface area contributed by atoms with Crippen molar-refractivity contribution in [2.24, 2.45) is 23.7 Å². The molecule has 0 spiro atoms. The first-order valence-corrected chi connectivity index (χ1v) is 11.6. The first kappa shape index (κ1) is 13.7. The van der Waals surface area contributed by atoms with E-state index in [9.17, 15) is 9.59 Å².